The highest BCUT2D eigenvalue weighted by atomic mass is 32.1. The highest BCUT2D eigenvalue weighted by Gasteiger charge is 2.19. The number of thiazole rings is 1. The van der Waals surface area contributed by atoms with E-state index in [4.69, 9.17) is 9.47 Å². The first-order valence-corrected chi connectivity index (χ1v) is 9.61. The predicted molar refractivity (Wildman–Crippen MR) is 103 cm³/mol. The van der Waals surface area contributed by atoms with Crippen molar-refractivity contribution in [2.75, 3.05) is 19.8 Å². The minimum absolute atomic E-state index is 0.185. The summed E-state index contributed by atoms with van der Waals surface area (Å²) in [5.41, 5.74) is 2.37. The van der Waals surface area contributed by atoms with Crippen LogP contribution in [0.4, 0.5) is 4.39 Å². The third-order valence-electron chi connectivity index (χ3n) is 4.04. The number of carbonyl (C=O) groups is 1. The zero-order valence-electron chi connectivity index (χ0n) is 15.5. The van der Waals surface area contributed by atoms with Crippen molar-refractivity contribution >= 4 is 22.2 Å². The second-order valence-electron chi connectivity index (χ2n) is 5.85. The Morgan fingerprint density at radius 1 is 1.26 bits per heavy atom. The van der Waals surface area contributed by atoms with Crippen LogP contribution >= 0.6 is 11.3 Å². The van der Waals surface area contributed by atoms with E-state index in [2.05, 4.69) is 10.3 Å². The number of aryl methyl sites for hydroxylation is 1. The fraction of sp³-hybridized carbons (Fsp3) is 0.368. The molecular weight excluding hydrogens is 369 g/mol. The Kier molecular flexibility index (Phi) is 6.20. The number of amides is 1. The lowest BCUT2D eigenvalue weighted by Crippen LogP contribution is -2.35. The van der Waals surface area contributed by atoms with Crippen LogP contribution in [0.1, 0.15) is 29.2 Å². The van der Waals surface area contributed by atoms with Crippen LogP contribution in [-0.2, 0) is 9.47 Å². The third kappa shape index (κ3) is 4.35. The molecule has 0 aliphatic heterocycles. The number of nitrogens with one attached hydrogen (secondary N) is 1. The summed E-state index contributed by atoms with van der Waals surface area (Å²) in [6.07, 6.45) is 1.40. The lowest BCUT2D eigenvalue weighted by atomic mass is 10.2. The molecule has 0 fully saturated rings. The molecule has 1 N–H and O–H groups in total. The molecule has 3 rings (SSSR count). The Balaban J connectivity index is 1.75. The van der Waals surface area contributed by atoms with E-state index in [0.717, 1.165) is 17.0 Å². The SMILES string of the molecule is CCOC(CNC(=O)c1sc2nc(-c3ccc(F)cc3)cn2c1C)OCC. The van der Waals surface area contributed by atoms with Gasteiger partial charge >= 0.3 is 0 Å². The third-order valence-corrected chi connectivity index (χ3v) is 5.19. The molecule has 1 aromatic carbocycles. The maximum Gasteiger partial charge on any atom is 0.263 e. The lowest BCUT2D eigenvalue weighted by Gasteiger charge is -2.17. The number of halogens is 1. The molecule has 3 aromatic rings. The molecule has 0 aliphatic rings. The van der Waals surface area contributed by atoms with Crippen LogP contribution in [-0.4, -0.2) is 41.3 Å². The number of nitrogens with zero attached hydrogens (tertiary/aromatic N) is 2. The molecule has 0 bridgehead atoms. The standard InChI is InChI=1S/C19H22FN3O3S/c1-4-25-16(26-5-2)10-21-18(24)17-12(3)23-11-15(22-19(23)27-17)13-6-8-14(20)9-7-13/h6-9,11,16H,4-5,10H2,1-3H3,(H,21,24). The monoisotopic (exact) mass is 391 g/mol. The first kappa shape index (κ1) is 19.5. The van der Waals surface area contributed by atoms with E-state index in [1.165, 1.54) is 23.5 Å². The van der Waals surface area contributed by atoms with Crippen molar-refractivity contribution in [3.8, 4) is 11.3 Å². The van der Waals surface area contributed by atoms with E-state index < -0.39 is 6.29 Å². The van der Waals surface area contributed by atoms with Crippen LogP contribution in [0.25, 0.3) is 16.2 Å². The summed E-state index contributed by atoms with van der Waals surface area (Å²) >= 11 is 1.31. The van der Waals surface area contributed by atoms with Gasteiger partial charge in [-0.1, -0.05) is 11.3 Å². The Bertz CT molecular complexity index is 914. The quantitative estimate of drug-likeness (QED) is 0.596. The zero-order chi connectivity index (χ0) is 19.4. The van der Waals surface area contributed by atoms with Gasteiger partial charge in [0.1, 0.15) is 10.7 Å². The van der Waals surface area contributed by atoms with Gasteiger partial charge in [-0.2, -0.15) is 0 Å². The van der Waals surface area contributed by atoms with Gasteiger partial charge in [-0.05, 0) is 45.0 Å². The first-order chi connectivity index (χ1) is 13.0. The van der Waals surface area contributed by atoms with E-state index in [1.54, 1.807) is 12.1 Å². The van der Waals surface area contributed by atoms with Gasteiger partial charge < -0.3 is 14.8 Å². The Morgan fingerprint density at radius 2 is 1.93 bits per heavy atom. The van der Waals surface area contributed by atoms with E-state index in [9.17, 15) is 9.18 Å². The molecule has 6 nitrogen and oxygen atoms in total. The number of ether oxygens (including phenoxy) is 2. The molecule has 1 amide bonds. The molecule has 2 aromatic heterocycles. The molecule has 0 saturated carbocycles. The van der Waals surface area contributed by atoms with Gasteiger partial charge in [-0.15, -0.1) is 0 Å². The van der Waals surface area contributed by atoms with Crippen molar-refractivity contribution in [3.05, 3.63) is 46.9 Å². The molecule has 144 valence electrons. The second kappa shape index (κ2) is 8.60. The van der Waals surface area contributed by atoms with Gasteiger partial charge in [-0.3, -0.25) is 9.20 Å². The van der Waals surface area contributed by atoms with Crippen LogP contribution < -0.4 is 5.32 Å². The molecule has 27 heavy (non-hydrogen) atoms. The van der Waals surface area contributed by atoms with Gasteiger partial charge in [0, 0.05) is 30.7 Å². The summed E-state index contributed by atoms with van der Waals surface area (Å²) in [4.78, 5) is 18.4. The van der Waals surface area contributed by atoms with Crippen molar-refractivity contribution in [2.45, 2.75) is 27.1 Å². The largest absolute Gasteiger partial charge is 0.351 e. The maximum absolute atomic E-state index is 13.1. The van der Waals surface area contributed by atoms with Crippen LogP contribution in [0.5, 0.6) is 0 Å². The molecule has 0 unspecified atom stereocenters. The summed E-state index contributed by atoms with van der Waals surface area (Å²) in [7, 11) is 0. The smallest absolute Gasteiger partial charge is 0.263 e. The van der Waals surface area contributed by atoms with Gasteiger partial charge in [0.25, 0.3) is 5.91 Å². The average molecular weight is 391 g/mol. The molecule has 0 saturated heterocycles. The van der Waals surface area contributed by atoms with Crippen LogP contribution in [0.15, 0.2) is 30.5 Å². The molecule has 2 heterocycles. The number of benzene rings is 1. The molecule has 0 aliphatic carbocycles. The van der Waals surface area contributed by atoms with Crippen LogP contribution in [0.3, 0.4) is 0 Å². The number of fused-ring (bicyclic) bond motifs is 1. The van der Waals surface area contributed by atoms with Crippen LogP contribution in [0, 0.1) is 12.7 Å². The Hall–Kier alpha value is -2.29. The summed E-state index contributed by atoms with van der Waals surface area (Å²) in [5.74, 6) is -0.469. The van der Waals surface area contributed by atoms with Gasteiger partial charge in [0.05, 0.1) is 12.2 Å². The molecule has 0 spiro atoms. The van der Waals surface area contributed by atoms with Crippen molar-refractivity contribution in [3.63, 3.8) is 0 Å². The van der Waals surface area contributed by atoms with Gasteiger partial charge in [-0.25, -0.2) is 9.37 Å². The van der Waals surface area contributed by atoms with Crippen molar-refractivity contribution in [1.29, 1.82) is 0 Å². The topological polar surface area (TPSA) is 64.9 Å². The highest BCUT2D eigenvalue weighted by Crippen LogP contribution is 2.27. The van der Waals surface area contributed by atoms with E-state index in [0.29, 0.717) is 23.1 Å². The predicted octanol–water partition coefficient (Wildman–Crippen LogP) is 3.64. The van der Waals surface area contributed by atoms with Crippen molar-refractivity contribution in [1.82, 2.24) is 14.7 Å². The minimum Gasteiger partial charge on any atom is -0.351 e. The number of aromatic nitrogens is 2. The summed E-state index contributed by atoms with van der Waals surface area (Å²) < 4.78 is 25.8. The van der Waals surface area contributed by atoms with E-state index >= 15 is 0 Å². The minimum atomic E-state index is -0.460. The number of rotatable bonds is 8. The molecule has 8 heteroatoms. The normalized spacial score (nSPS) is 11.4. The van der Waals surface area contributed by atoms with Gasteiger partial charge in [0.2, 0.25) is 0 Å². The maximum atomic E-state index is 13.1. The van der Waals surface area contributed by atoms with Crippen molar-refractivity contribution in [2.24, 2.45) is 0 Å². The average Bonchev–Trinajstić information content (AvgIpc) is 3.20. The summed E-state index contributed by atoms with van der Waals surface area (Å²) in [6, 6.07) is 6.18. The molecule has 0 atom stereocenters. The van der Waals surface area contributed by atoms with Crippen molar-refractivity contribution < 1.29 is 18.7 Å². The Labute approximate surface area is 160 Å². The number of hydrogen-bond donors (Lipinski definition) is 1. The molecule has 0 radical (unpaired) electrons. The number of imidazole rings is 1. The zero-order valence-corrected chi connectivity index (χ0v) is 16.3. The first-order valence-electron chi connectivity index (χ1n) is 8.79. The molecular formula is C19H22FN3O3S. The Morgan fingerprint density at radius 3 is 2.52 bits per heavy atom. The second-order valence-corrected chi connectivity index (χ2v) is 6.83. The van der Waals surface area contributed by atoms with E-state index in [1.807, 2.05) is 31.4 Å². The highest BCUT2D eigenvalue weighted by molar-refractivity contribution is 7.19. The fourth-order valence-electron chi connectivity index (χ4n) is 2.71. The fourth-order valence-corrected chi connectivity index (χ4v) is 3.74. The van der Waals surface area contributed by atoms with Crippen LogP contribution in [0.2, 0.25) is 0 Å². The van der Waals surface area contributed by atoms with E-state index in [-0.39, 0.29) is 18.3 Å². The number of carbonyl (C=O) groups excluding carboxylic acids is 1. The summed E-state index contributed by atoms with van der Waals surface area (Å²) in [6.45, 7) is 6.94. The number of hydrogen-bond acceptors (Lipinski definition) is 5. The summed E-state index contributed by atoms with van der Waals surface area (Å²) in [5, 5.41) is 2.85. The lowest BCUT2D eigenvalue weighted by molar-refractivity contribution is -0.131. The van der Waals surface area contributed by atoms with Gasteiger partial charge in [0.15, 0.2) is 11.3 Å².